The molecule has 0 saturated carbocycles. The second kappa shape index (κ2) is 5.47. The van der Waals surface area contributed by atoms with Gasteiger partial charge in [-0.1, -0.05) is 0 Å². The van der Waals surface area contributed by atoms with Crippen molar-refractivity contribution in [1.82, 2.24) is 0 Å². The summed E-state index contributed by atoms with van der Waals surface area (Å²) in [6.45, 7) is 0.339. The van der Waals surface area contributed by atoms with Crippen molar-refractivity contribution in [2.45, 2.75) is 24.4 Å². The molecule has 2 aliphatic heterocycles. The van der Waals surface area contributed by atoms with Crippen LogP contribution in [-0.2, 0) is 28.5 Å². The highest BCUT2D eigenvalue weighted by molar-refractivity contribution is 5.91. The molecule has 2 heterocycles. The van der Waals surface area contributed by atoms with Gasteiger partial charge in [-0.2, -0.15) is 0 Å². The first-order chi connectivity index (χ1) is 8.61. The third-order valence-electron chi connectivity index (χ3n) is 2.81. The van der Waals surface area contributed by atoms with Crippen molar-refractivity contribution in [3.63, 3.8) is 0 Å². The number of carbonyl (C=O) groups excluding carboxylic acids is 2. The van der Waals surface area contributed by atoms with Gasteiger partial charge in [0, 0.05) is 12.2 Å². The van der Waals surface area contributed by atoms with Crippen LogP contribution in [0.25, 0.3) is 0 Å². The van der Waals surface area contributed by atoms with Gasteiger partial charge in [0.05, 0.1) is 20.3 Å². The number of fused-ring (bicyclic) bond motifs is 1. The molecule has 2 rings (SSSR count). The lowest BCUT2D eigenvalue weighted by Crippen LogP contribution is -2.33. The maximum atomic E-state index is 11.4. The summed E-state index contributed by atoms with van der Waals surface area (Å²) in [5, 5.41) is 9.49. The minimum absolute atomic E-state index is 0.168. The summed E-state index contributed by atoms with van der Waals surface area (Å²) in [7, 11) is 1.21. The second-order valence-corrected chi connectivity index (χ2v) is 4.00. The molecule has 0 aromatic heterocycles. The standard InChI is InChI=1S/C11H14O7/c1-15-8(13)2-3-9(14)18-7-5-17-10-6(12)4-16-11(7)10/h2-3,6-7,10-12H,4-5H2,1H3/b3-2+. The Morgan fingerprint density at radius 2 is 1.83 bits per heavy atom. The Morgan fingerprint density at radius 1 is 1.17 bits per heavy atom. The van der Waals surface area contributed by atoms with Crippen molar-refractivity contribution in [1.29, 1.82) is 0 Å². The number of methoxy groups -OCH3 is 1. The van der Waals surface area contributed by atoms with E-state index in [1.807, 2.05) is 0 Å². The van der Waals surface area contributed by atoms with Gasteiger partial charge in [0.1, 0.15) is 18.3 Å². The molecule has 0 radical (unpaired) electrons. The van der Waals surface area contributed by atoms with Crippen LogP contribution in [0.3, 0.4) is 0 Å². The van der Waals surface area contributed by atoms with E-state index in [9.17, 15) is 14.7 Å². The third-order valence-corrected chi connectivity index (χ3v) is 2.81. The van der Waals surface area contributed by atoms with Gasteiger partial charge in [-0.25, -0.2) is 9.59 Å². The molecule has 18 heavy (non-hydrogen) atoms. The topological polar surface area (TPSA) is 91.3 Å². The summed E-state index contributed by atoms with van der Waals surface area (Å²) >= 11 is 0. The first-order valence-electron chi connectivity index (χ1n) is 5.49. The zero-order chi connectivity index (χ0) is 13.1. The average Bonchev–Trinajstić information content (AvgIpc) is 2.91. The van der Waals surface area contributed by atoms with Gasteiger partial charge in [-0.15, -0.1) is 0 Å². The molecule has 7 nitrogen and oxygen atoms in total. The van der Waals surface area contributed by atoms with Crippen LogP contribution in [0.5, 0.6) is 0 Å². The summed E-state index contributed by atoms with van der Waals surface area (Å²) < 4.78 is 20.0. The van der Waals surface area contributed by atoms with Crippen molar-refractivity contribution < 1.29 is 33.6 Å². The van der Waals surface area contributed by atoms with Crippen LogP contribution in [0.4, 0.5) is 0 Å². The Balaban J connectivity index is 1.85. The smallest absolute Gasteiger partial charge is 0.331 e. The number of aliphatic hydroxyl groups is 1. The Bertz CT molecular complexity index is 364. The van der Waals surface area contributed by atoms with Crippen molar-refractivity contribution in [3.8, 4) is 0 Å². The predicted molar refractivity (Wildman–Crippen MR) is 56.5 cm³/mol. The Morgan fingerprint density at radius 3 is 2.56 bits per heavy atom. The number of ether oxygens (including phenoxy) is 4. The van der Waals surface area contributed by atoms with E-state index >= 15 is 0 Å². The molecule has 2 fully saturated rings. The predicted octanol–water partition coefficient (Wildman–Crippen LogP) is -1.21. The third kappa shape index (κ3) is 2.69. The molecule has 2 saturated heterocycles. The lowest BCUT2D eigenvalue weighted by molar-refractivity contribution is -0.148. The number of esters is 2. The van der Waals surface area contributed by atoms with E-state index in [-0.39, 0.29) is 13.2 Å². The van der Waals surface area contributed by atoms with Crippen molar-refractivity contribution in [3.05, 3.63) is 12.2 Å². The summed E-state index contributed by atoms with van der Waals surface area (Å²) in [4.78, 5) is 22.2. The lowest BCUT2D eigenvalue weighted by atomic mass is 10.1. The van der Waals surface area contributed by atoms with Gasteiger partial charge in [0.25, 0.3) is 0 Å². The molecule has 100 valence electrons. The lowest BCUT2D eigenvalue weighted by Gasteiger charge is -2.15. The maximum Gasteiger partial charge on any atom is 0.331 e. The monoisotopic (exact) mass is 258 g/mol. The van der Waals surface area contributed by atoms with Gasteiger partial charge < -0.3 is 24.1 Å². The van der Waals surface area contributed by atoms with E-state index < -0.39 is 36.4 Å². The zero-order valence-electron chi connectivity index (χ0n) is 9.78. The number of hydrogen-bond acceptors (Lipinski definition) is 7. The largest absolute Gasteiger partial charge is 0.466 e. The fraction of sp³-hybridized carbons (Fsp3) is 0.636. The number of hydrogen-bond donors (Lipinski definition) is 1. The molecule has 1 N–H and O–H groups in total. The second-order valence-electron chi connectivity index (χ2n) is 4.00. The van der Waals surface area contributed by atoms with E-state index in [2.05, 4.69) is 4.74 Å². The fourth-order valence-corrected chi connectivity index (χ4v) is 1.94. The number of rotatable bonds is 3. The highest BCUT2D eigenvalue weighted by Gasteiger charge is 2.48. The molecule has 4 atom stereocenters. The first-order valence-corrected chi connectivity index (χ1v) is 5.49. The quantitative estimate of drug-likeness (QED) is 0.501. The van der Waals surface area contributed by atoms with Crippen LogP contribution in [0.2, 0.25) is 0 Å². The highest BCUT2D eigenvalue weighted by Crippen LogP contribution is 2.28. The first kappa shape index (κ1) is 13.0. The summed E-state index contributed by atoms with van der Waals surface area (Å²) in [6.07, 6.45) is -0.209. The van der Waals surface area contributed by atoms with Crippen molar-refractivity contribution >= 4 is 11.9 Å². The van der Waals surface area contributed by atoms with Crippen LogP contribution in [-0.4, -0.2) is 61.8 Å². The number of aliphatic hydroxyl groups excluding tert-OH is 1. The SMILES string of the molecule is COC(=O)/C=C/C(=O)OC1COC2C(O)COC12. The summed E-state index contributed by atoms with van der Waals surface area (Å²) in [6, 6.07) is 0. The molecule has 0 bridgehead atoms. The normalized spacial score (nSPS) is 34.6. The van der Waals surface area contributed by atoms with Gasteiger partial charge in [-0.3, -0.25) is 0 Å². The molecule has 7 heteroatoms. The Hall–Kier alpha value is -1.44. The molecular formula is C11H14O7. The Labute approximate surface area is 103 Å². The molecule has 0 aliphatic carbocycles. The van der Waals surface area contributed by atoms with Gasteiger partial charge >= 0.3 is 11.9 Å². The summed E-state index contributed by atoms with van der Waals surface area (Å²) in [5.74, 6) is -1.32. The van der Waals surface area contributed by atoms with Crippen LogP contribution >= 0.6 is 0 Å². The molecule has 0 aromatic rings. The fourth-order valence-electron chi connectivity index (χ4n) is 1.94. The van der Waals surface area contributed by atoms with Gasteiger partial charge in [0.2, 0.25) is 0 Å². The minimum Gasteiger partial charge on any atom is -0.466 e. The molecule has 4 unspecified atom stereocenters. The van der Waals surface area contributed by atoms with Crippen LogP contribution in [0.15, 0.2) is 12.2 Å². The van der Waals surface area contributed by atoms with Gasteiger partial charge in [0.15, 0.2) is 6.10 Å². The van der Waals surface area contributed by atoms with E-state index in [0.717, 1.165) is 12.2 Å². The van der Waals surface area contributed by atoms with Crippen LogP contribution < -0.4 is 0 Å². The Kier molecular flexibility index (Phi) is 3.95. The van der Waals surface area contributed by atoms with E-state index in [1.165, 1.54) is 7.11 Å². The van der Waals surface area contributed by atoms with Crippen LogP contribution in [0.1, 0.15) is 0 Å². The van der Waals surface area contributed by atoms with Crippen LogP contribution in [0, 0.1) is 0 Å². The molecule has 2 aliphatic rings. The number of carbonyl (C=O) groups is 2. The average molecular weight is 258 g/mol. The summed E-state index contributed by atoms with van der Waals surface area (Å²) in [5.41, 5.74) is 0. The van der Waals surface area contributed by atoms with Gasteiger partial charge in [-0.05, 0) is 0 Å². The molecule has 0 amide bonds. The minimum atomic E-state index is -0.690. The van der Waals surface area contributed by atoms with E-state index in [1.54, 1.807) is 0 Å². The zero-order valence-corrected chi connectivity index (χ0v) is 9.78. The molecular weight excluding hydrogens is 244 g/mol. The maximum absolute atomic E-state index is 11.4. The van der Waals surface area contributed by atoms with Crippen molar-refractivity contribution in [2.24, 2.45) is 0 Å². The molecule has 0 spiro atoms. The molecule has 0 aromatic carbocycles. The van der Waals surface area contributed by atoms with E-state index in [4.69, 9.17) is 14.2 Å². The van der Waals surface area contributed by atoms with E-state index in [0.29, 0.717) is 0 Å². The highest BCUT2D eigenvalue weighted by atomic mass is 16.6. The van der Waals surface area contributed by atoms with Crippen molar-refractivity contribution in [2.75, 3.05) is 20.3 Å².